The summed E-state index contributed by atoms with van der Waals surface area (Å²) in [6.45, 7) is -0.299. The molecule has 0 radical (unpaired) electrons. The molecular weight excluding hydrogens is 388 g/mol. The second-order valence-electron chi connectivity index (χ2n) is 5.74. The first-order chi connectivity index (χ1) is 13.4. The molecule has 0 saturated heterocycles. The minimum absolute atomic E-state index is 0.0535. The lowest BCUT2D eigenvalue weighted by Crippen LogP contribution is -2.26. The number of aromatic nitrogens is 1. The van der Waals surface area contributed by atoms with Crippen molar-refractivity contribution in [1.82, 2.24) is 10.3 Å². The van der Waals surface area contributed by atoms with Gasteiger partial charge in [-0.25, -0.2) is 17.2 Å². The third-order valence-corrected chi connectivity index (χ3v) is 5.25. The fourth-order valence-corrected chi connectivity index (χ4v) is 3.73. The number of nitrogens with one attached hydrogen (secondary N) is 2. The largest absolute Gasteiger partial charge is 0.348 e. The Bertz CT molecular complexity index is 1110. The van der Waals surface area contributed by atoms with Crippen molar-refractivity contribution in [1.29, 1.82) is 0 Å². The third kappa shape index (κ3) is 4.32. The highest BCUT2D eigenvalue weighted by molar-refractivity contribution is 7.92. The van der Waals surface area contributed by atoms with E-state index in [0.29, 0.717) is 0 Å². The Morgan fingerprint density at radius 3 is 2.54 bits per heavy atom. The molecule has 3 aromatic rings. The number of nitrogens with zero attached hydrogens (tertiary/aromatic N) is 1. The molecule has 0 aliphatic heterocycles. The maximum atomic E-state index is 13.7. The smallest absolute Gasteiger partial charge is 0.262 e. The number of rotatable bonds is 6. The number of amides is 1. The van der Waals surface area contributed by atoms with E-state index in [-0.39, 0.29) is 28.3 Å². The SMILES string of the molecule is O=C(NCc1cccc(F)c1F)c1ccccc1S(=O)(=O)Nc1cccnc1. The number of anilines is 1. The zero-order valence-electron chi connectivity index (χ0n) is 14.4. The van der Waals surface area contributed by atoms with Gasteiger partial charge in [0.05, 0.1) is 17.4 Å². The molecule has 2 aromatic carbocycles. The number of carbonyl (C=O) groups excluding carboxylic acids is 1. The number of hydrogen-bond donors (Lipinski definition) is 2. The molecule has 2 N–H and O–H groups in total. The second kappa shape index (κ2) is 8.13. The van der Waals surface area contributed by atoms with E-state index < -0.39 is 27.6 Å². The summed E-state index contributed by atoms with van der Waals surface area (Å²) in [6, 6.07) is 12.3. The normalized spacial score (nSPS) is 11.1. The maximum Gasteiger partial charge on any atom is 0.262 e. The van der Waals surface area contributed by atoms with Crippen molar-refractivity contribution in [3.8, 4) is 0 Å². The molecule has 0 spiro atoms. The summed E-state index contributed by atoms with van der Waals surface area (Å²) in [5, 5.41) is 2.41. The van der Waals surface area contributed by atoms with Crippen LogP contribution in [0.1, 0.15) is 15.9 Å². The van der Waals surface area contributed by atoms with Crippen LogP contribution >= 0.6 is 0 Å². The average Bonchev–Trinajstić information content (AvgIpc) is 2.69. The van der Waals surface area contributed by atoms with Gasteiger partial charge in [-0.05, 0) is 30.3 Å². The molecule has 9 heteroatoms. The molecule has 0 saturated carbocycles. The molecule has 1 aromatic heterocycles. The molecule has 0 atom stereocenters. The number of pyridine rings is 1. The van der Waals surface area contributed by atoms with Gasteiger partial charge in [0.1, 0.15) is 4.90 Å². The summed E-state index contributed by atoms with van der Waals surface area (Å²) >= 11 is 0. The molecule has 144 valence electrons. The molecule has 0 aliphatic rings. The van der Waals surface area contributed by atoms with Gasteiger partial charge in [-0.15, -0.1) is 0 Å². The number of halogens is 2. The van der Waals surface area contributed by atoms with Crippen LogP contribution in [0.2, 0.25) is 0 Å². The quantitative estimate of drug-likeness (QED) is 0.662. The Kier molecular flexibility index (Phi) is 5.65. The minimum atomic E-state index is -4.07. The third-order valence-electron chi connectivity index (χ3n) is 3.81. The zero-order chi connectivity index (χ0) is 20.1. The van der Waals surface area contributed by atoms with Crippen molar-refractivity contribution in [3.63, 3.8) is 0 Å². The fraction of sp³-hybridized carbons (Fsp3) is 0.0526. The van der Waals surface area contributed by atoms with Gasteiger partial charge in [0.15, 0.2) is 11.6 Å². The summed E-state index contributed by atoms with van der Waals surface area (Å²) in [5.41, 5.74) is 0.0532. The standard InChI is InChI=1S/C19H15F2N3O3S/c20-16-8-3-5-13(18(16)21)11-23-19(25)15-7-1-2-9-17(15)28(26,27)24-14-6-4-10-22-12-14/h1-10,12,24H,11H2,(H,23,25). The Morgan fingerprint density at radius 1 is 1.00 bits per heavy atom. The molecule has 0 unspecified atom stereocenters. The summed E-state index contributed by atoms with van der Waals surface area (Å²) in [6.07, 6.45) is 2.82. The van der Waals surface area contributed by atoms with E-state index in [1.54, 1.807) is 6.07 Å². The van der Waals surface area contributed by atoms with Crippen LogP contribution in [-0.2, 0) is 16.6 Å². The number of sulfonamides is 1. The van der Waals surface area contributed by atoms with Crippen LogP contribution in [0.4, 0.5) is 14.5 Å². The average molecular weight is 403 g/mol. The van der Waals surface area contributed by atoms with Crippen molar-refractivity contribution in [2.45, 2.75) is 11.4 Å². The van der Waals surface area contributed by atoms with Gasteiger partial charge >= 0.3 is 0 Å². The molecular formula is C19H15F2N3O3S. The molecule has 1 heterocycles. The van der Waals surface area contributed by atoms with E-state index in [2.05, 4.69) is 15.0 Å². The van der Waals surface area contributed by atoms with Gasteiger partial charge < -0.3 is 5.32 Å². The van der Waals surface area contributed by atoms with Crippen LogP contribution in [0.5, 0.6) is 0 Å². The zero-order valence-corrected chi connectivity index (χ0v) is 15.2. The van der Waals surface area contributed by atoms with Gasteiger partial charge in [0.2, 0.25) is 0 Å². The number of carbonyl (C=O) groups is 1. The Balaban J connectivity index is 1.83. The van der Waals surface area contributed by atoms with Gasteiger partial charge in [0.25, 0.3) is 15.9 Å². The van der Waals surface area contributed by atoms with Crippen LogP contribution in [-0.4, -0.2) is 19.3 Å². The van der Waals surface area contributed by atoms with E-state index in [0.717, 1.165) is 6.07 Å². The van der Waals surface area contributed by atoms with Crippen molar-refractivity contribution in [2.75, 3.05) is 4.72 Å². The van der Waals surface area contributed by atoms with E-state index in [4.69, 9.17) is 0 Å². The predicted molar refractivity (Wildman–Crippen MR) is 99.0 cm³/mol. The molecule has 6 nitrogen and oxygen atoms in total. The molecule has 28 heavy (non-hydrogen) atoms. The van der Waals surface area contributed by atoms with Crippen molar-refractivity contribution in [2.24, 2.45) is 0 Å². The monoisotopic (exact) mass is 403 g/mol. The van der Waals surface area contributed by atoms with Crippen LogP contribution in [0.25, 0.3) is 0 Å². The summed E-state index contributed by atoms with van der Waals surface area (Å²) in [4.78, 5) is 16.1. The Labute approximate surface area is 160 Å². The van der Waals surface area contributed by atoms with E-state index in [9.17, 15) is 22.0 Å². The second-order valence-corrected chi connectivity index (χ2v) is 7.39. The van der Waals surface area contributed by atoms with Gasteiger partial charge in [-0.2, -0.15) is 0 Å². The van der Waals surface area contributed by atoms with E-state index >= 15 is 0 Å². The summed E-state index contributed by atoms with van der Waals surface area (Å²) in [5.74, 6) is -2.84. The van der Waals surface area contributed by atoms with Crippen LogP contribution in [0, 0.1) is 11.6 Å². The first-order valence-electron chi connectivity index (χ1n) is 8.11. The summed E-state index contributed by atoms with van der Waals surface area (Å²) < 4.78 is 54.7. The first kappa shape index (κ1) is 19.4. The predicted octanol–water partition coefficient (Wildman–Crippen LogP) is 3.09. The molecule has 0 fully saturated rings. The van der Waals surface area contributed by atoms with Gasteiger partial charge in [-0.1, -0.05) is 24.3 Å². The van der Waals surface area contributed by atoms with Gasteiger partial charge in [0, 0.05) is 18.3 Å². The highest BCUT2D eigenvalue weighted by Crippen LogP contribution is 2.19. The van der Waals surface area contributed by atoms with Crippen LogP contribution in [0.15, 0.2) is 71.9 Å². The first-order valence-corrected chi connectivity index (χ1v) is 9.60. The van der Waals surface area contributed by atoms with Crippen molar-refractivity contribution < 1.29 is 22.0 Å². The minimum Gasteiger partial charge on any atom is -0.348 e. The van der Waals surface area contributed by atoms with Crippen LogP contribution < -0.4 is 10.0 Å². The van der Waals surface area contributed by atoms with Gasteiger partial charge in [-0.3, -0.25) is 14.5 Å². The topological polar surface area (TPSA) is 88.2 Å². The number of benzene rings is 2. The number of hydrogen-bond acceptors (Lipinski definition) is 4. The fourth-order valence-electron chi connectivity index (χ4n) is 2.48. The summed E-state index contributed by atoms with van der Waals surface area (Å²) in [7, 11) is -4.07. The Hall–Kier alpha value is -3.33. The lowest BCUT2D eigenvalue weighted by atomic mass is 10.2. The van der Waals surface area contributed by atoms with Crippen molar-refractivity contribution in [3.05, 3.63) is 89.8 Å². The molecule has 3 rings (SSSR count). The highest BCUT2D eigenvalue weighted by Gasteiger charge is 2.22. The maximum absolute atomic E-state index is 13.7. The van der Waals surface area contributed by atoms with Crippen molar-refractivity contribution >= 4 is 21.6 Å². The molecule has 0 aliphatic carbocycles. The van der Waals surface area contributed by atoms with E-state index in [1.807, 2.05) is 0 Å². The molecule has 1 amide bonds. The lowest BCUT2D eigenvalue weighted by Gasteiger charge is -2.12. The highest BCUT2D eigenvalue weighted by atomic mass is 32.2. The van der Waals surface area contributed by atoms with E-state index in [1.165, 1.54) is 54.9 Å². The Morgan fingerprint density at radius 2 is 1.79 bits per heavy atom. The molecule has 0 bridgehead atoms. The van der Waals surface area contributed by atoms with Crippen LogP contribution in [0.3, 0.4) is 0 Å². The lowest BCUT2D eigenvalue weighted by molar-refractivity contribution is 0.0947.